The number of hydrogen-bond acceptors (Lipinski definition) is 5. The van der Waals surface area contributed by atoms with E-state index in [1.807, 2.05) is 6.92 Å². The Hall–Kier alpha value is -1.50. The van der Waals surface area contributed by atoms with E-state index < -0.39 is 6.10 Å². The standard InChI is InChI=1S/C13H20N2O4.ClH/c1-8-5-10(17-2)11(18-3)6-9(8)15-13(16)12(7-14)19-4;/h5-6,12H,7,14H2,1-4H3,(H,15,16);1H. The van der Waals surface area contributed by atoms with Crippen molar-refractivity contribution in [3.8, 4) is 11.5 Å². The number of nitrogens with two attached hydrogens (primary N) is 1. The van der Waals surface area contributed by atoms with Gasteiger partial charge in [0, 0.05) is 25.4 Å². The molecule has 0 aromatic heterocycles. The maximum Gasteiger partial charge on any atom is 0.254 e. The summed E-state index contributed by atoms with van der Waals surface area (Å²) in [5.41, 5.74) is 6.94. The predicted molar refractivity (Wildman–Crippen MR) is 80.0 cm³/mol. The highest BCUT2D eigenvalue weighted by molar-refractivity contribution is 5.95. The van der Waals surface area contributed by atoms with Crippen LogP contribution < -0.4 is 20.5 Å². The summed E-state index contributed by atoms with van der Waals surface area (Å²) in [7, 11) is 4.54. The second-order valence-corrected chi connectivity index (χ2v) is 3.97. The average molecular weight is 305 g/mol. The van der Waals surface area contributed by atoms with Gasteiger partial charge in [-0.05, 0) is 18.6 Å². The van der Waals surface area contributed by atoms with Gasteiger partial charge in [-0.2, -0.15) is 0 Å². The molecule has 6 nitrogen and oxygen atoms in total. The Balaban J connectivity index is 0.00000361. The summed E-state index contributed by atoms with van der Waals surface area (Å²) < 4.78 is 15.4. The van der Waals surface area contributed by atoms with Gasteiger partial charge in [0.15, 0.2) is 11.5 Å². The average Bonchev–Trinajstić information content (AvgIpc) is 2.41. The second-order valence-electron chi connectivity index (χ2n) is 3.97. The topological polar surface area (TPSA) is 82.8 Å². The zero-order valence-electron chi connectivity index (χ0n) is 12.1. The first-order valence-electron chi connectivity index (χ1n) is 5.83. The molecule has 0 heterocycles. The molecule has 1 amide bonds. The van der Waals surface area contributed by atoms with E-state index in [1.54, 1.807) is 19.2 Å². The van der Waals surface area contributed by atoms with Crippen molar-refractivity contribution in [2.24, 2.45) is 5.73 Å². The van der Waals surface area contributed by atoms with Crippen LogP contribution in [0.15, 0.2) is 12.1 Å². The van der Waals surface area contributed by atoms with E-state index >= 15 is 0 Å². The van der Waals surface area contributed by atoms with Gasteiger partial charge in [-0.1, -0.05) is 0 Å². The third-order valence-electron chi connectivity index (χ3n) is 2.78. The molecule has 0 aliphatic carbocycles. The minimum atomic E-state index is -0.674. The summed E-state index contributed by atoms with van der Waals surface area (Å²) in [6.07, 6.45) is -0.674. The Labute approximate surface area is 125 Å². The molecule has 20 heavy (non-hydrogen) atoms. The monoisotopic (exact) mass is 304 g/mol. The molecule has 7 heteroatoms. The molecule has 1 aromatic rings. The Morgan fingerprint density at radius 3 is 2.25 bits per heavy atom. The molecule has 0 aliphatic rings. The Morgan fingerprint density at radius 2 is 1.80 bits per heavy atom. The van der Waals surface area contributed by atoms with Crippen LogP contribution in [0.2, 0.25) is 0 Å². The number of rotatable bonds is 6. The normalized spacial score (nSPS) is 11.2. The van der Waals surface area contributed by atoms with E-state index in [0.29, 0.717) is 17.2 Å². The molecule has 0 aliphatic heterocycles. The number of benzene rings is 1. The minimum absolute atomic E-state index is 0. The fraction of sp³-hybridized carbons (Fsp3) is 0.462. The lowest BCUT2D eigenvalue weighted by Gasteiger charge is -2.16. The van der Waals surface area contributed by atoms with Crippen LogP contribution in [-0.4, -0.2) is 39.9 Å². The SMILES string of the molecule is COc1cc(C)c(NC(=O)C(CN)OC)cc1OC.Cl. The van der Waals surface area contributed by atoms with E-state index in [0.717, 1.165) is 5.56 Å². The van der Waals surface area contributed by atoms with Gasteiger partial charge >= 0.3 is 0 Å². The van der Waals surface area contributed by atoms with Crippen LogP contribution in [-0.2, 0) is 9.53 Å². The lowest BCUT2D eigenvalue weighted by molar-refractivity contribution is -0.125. The van der Waals surface area contributed by atoms with Crippen LogP contribution in [0.3, 0.4) is 0 Å². The fourth-order valence-electron chi connectivity index (χ4n) is 1.64. The molecule has 0 saturated heterocycles. The molecular weight excluding hydrogens is 284 g/mol. The smallest absolute Gasteiger partial charge is 0.254 e. The Kier molecular flexibility index (Phi) is 7.98. The fourth-order valence-corrected chi connectivity index (χ4v) is 1.64. The number of amides is 1. The number of nitrogens with one attached hydrogen (secondary N) is 1. The minimum Gasteiger partial charge on any atom is -0.493 e. The number of ether oxygens (including phenoxy) is 3. The summed E-state index contributed by atoms with van der Waals surface area (Å²) in [4.78, 5) is 11.9. The van der Waals surface area contributed by atoms with Gasteiger partial charge < -0.3 is 25.3 Å². The summed E-state index contributed by atoms with van der Waals surface area (Å²) in [6.45, 7) is 1.98. The van der Waals surface area contributed by atoms with Crippen LogP contribution >= 0.6 is 12.4 Å². The Morgan fingerprint density at radius 1 is 1.25 bits per heavy atom. The van der Waals surface area contributed by atoms with Gasteiger partial charge in [-0.25, -0.2) is 0 Å². The molecule has 1 aromatic carbocycles. The molecule has 0 saturated carbocycles. The molecule has 1 atom stereocenters. The van der Waals surface area contributed by atoms with Gasteiger partial charge in [-0.3, -0.25) is 4.79 Å². The van der Waals surface area contributed by atoms with Crippen molar-refractivity contribution in [3.05, 3.63) is 17.7 Å². The maximum atomic E-state index is 11.9. The summed E-state index contributed by atoms with van der Waals surface area (Å²) >= 11 is 0. The highest BCUT2D eigenvalue weighted by Crippen LogP contribution is 2.32. The molecule has 3 N–H and O–H groups in total. The van der Waals surface area contributed by atoms with E-state index in [1.165, 1.54) is 14.2 Å². The third-order valence-corrected chi connectivity index (χ3v) is 2.78. The summed E-state index contributed by atoms with van der Waals surface area (Å²) in [5.74, 6) is 0.866. The maximum absolute atomic E-state index is 11.9. The van der Waals surface area contributed by atoms with Crippen molar-refractivity contribution in [1.82, 2.24) is 0 Å². The number of aryl methyl sites for hydroxylation is 1. The number of carbonyl (C=O) groups is 1. The highest BCUT2D eigenvalue weighted by Gasteiger charge is 2.17. The molecule has 114 valence electrons. The van der Waals surface area contributed by atoms with Crippen LogP contribution in [0.5, 0.6) is 11.5 Å². The molecule has 0 fully saturated rings. The van der Waals surface area contributed by atoms with Crippen molar-refractivity contribution < 1.29 is 19.0 Å². The number of anilines is 1. The Bertz CT molecular complexity index is 450. The molecule has 1 unspecified atom stereocenters. The zero-order chi connectivity index (χ0) is 14.4. The summed E-state index contributed by atoms with van der Waals surface area (Å²) in [5, 5.41) is 2.76. The summed E-state index contributed by atoms with van der Waals surface area (Å²) in [6, 6.07) is 3.49. The van der Waals surface area contributed by atoms with Gasteiger partial charge in [-0.15, -0.1) is 12.4 Å². The van der Waals surface area contributed by atoms with E-state index in [4.69, 9.17) is 19.9 Å². The molecule has 0 bridgehead atoms. The number of carbonyl (C=O) groups excluding carboxylic acids is 1. The second kappa shape index (κ2) is 8.63. The van der Waals surface area contributed by atoms with Gasteiger partial charge in [0.2, 0.25) is 0 Å². The van der Waals surface area contributed by atoms with E-state index in [2.05, 4.69) is 5.32 Å². The van der Waals surface area contributed by atoms with E-state index in [9.17, 15) is 4.79 Å². The van der Waals surface area contributed by atoms with Crippen molar-refractivity contribution in [3.63, 3.8) is 0 Å². The largest absolute Gasteiger partial charge is 0.493 e. The lowest BCUT2D eigenvalue weighted by Crippen LogP contribution is -2.36. The van der Waals surface area contributed by atoms with Gasteiger partial charge in [0.25, 0.3) is 5.91 Å². The molecule has 0 radical (unpaired) electrons. The van der Waals surface area contributed by atoms with Gasteiger partial charge in [0.05, 0.1) is 14.2 Å². The quantitative estimate of drug-likeness (QED) is 0.829. The first-order chi connectivity index (χ1) is 9.07. The zero-order valence-corrected chi connectivity index (χ0v) is 12.9. The van der Waals surface area contributed by atoms with Gasteiger partial charge in [0.1, 0.15) is 6.10 Å². The molecule has 0 spiro atoms. The lowest BCUT2D eigenvalue weighted by atomic mass is 10.1. The first-order valence-corrected chi connectivity index (χ1v) is 5.83. The van der Waals surface area contributed by atoms with E-state index in [-0.39, 0.29) is 24.9 Å². The number of methoxy groups -OCH3 is 3. The van der Waals surface area contributed by atoms with Crippen molar-refractivity contribution in [1.29, 1.82) is 0 Å². The van der Waals surface area contributed by atoms with Crippen LogP contribution in [0.25, 0.3) is 0 Å². The van der Waals surface area contributed by atoms with Crippen LogP contribution in [0, 0.1) is 6.92 Å². The molecule has 1 rings (SSSR count). The van der Waals surface area contributed by atoms with Crippen molar-refractivity contribution in [2.45, 2.75) is 13.0 Å². The van der Waals surface area contributed by atoms with Crippen LogP contribution in [0.1, 0.15) is 5.56 Å². The number of hydrogen-bond donors (Lipinski definition) is 2. The predicted octanol–water partition coefficient (Wildman–Crippen LogP) is 1.35. The van der Waals surface area contributed by atoms with Crippen LogP contribution in [0.4, 0.5) is 5.69 Å². The van der Waals surface area contributed by atoms with Crippen molar-refractivity contribution >= 4 is 24.0 Å². The molecular formula is C13H21ClN2O4. The number of halogens is 1. The first kappa shape index (κ1) is 18.5. The van der Waals surface area contributed by atoms with Crippen molar-refractivity contribution in [2.75, 3.05) is 33.2 Å². The highest BCUT2D eigenvalue weighted by atomic mass is 35.5. The third kappa shape index (κ3) is 4.26.